The van der Waals surface area contributed by atoms with Crippen LogP contribution in [0.1, 0.15) is 18.1 Å². The summed E-state index contributed by atoms with van der Waals surface area (Å²) in [5.41, 5.74) is 2.96. The first-order valence-corrected chi connectivity index (χ1v) is 12.3. The molecule has 2 aromatic carbocycles. The summed E-state index contributed by atoms with van der Waals surface area (Å²) in [4.78, 5) is 12.6. The average molecular weight is 435 g/mol. The Balaban J connectivity index is 1.53. The lowest BCUT2D eigenvalue weighted by Crippen LogP contribution is -2.51. The number of hydrogen-bond donors (Lipinski definition) is 1. The number of nitrogens with zero attached hydrogens (tertiary/aromatic N) is 1. The van der Waals surface area contributed by atoms with Crippen LogP contribution < -0.4 is 14.4 Å². The van der Waals surface area contributed by atoms with Gasteiger partial charge in [0.05, 0.1) is 18.0 Å². The van der Waals surface area contributed by atoms with Crippen LogP contribution in [-0.2, 0) is 20.6 Å². The molecular formula is C21H26N2O4S2. The Bertz CT molecular complexity index is 945. The third-order valence-electron chi connectivity index (χ3n) is 4.66. The van der Waals surface area contributed by atoms with Gasteiger partial charge in [-0.05, 0) is 31.5 Å². The predicted octanol–water partition coefficient (Wildman–Crippen LogP) is 2.96. The topological polar surface area (TPSA) is 75.7 Å². The molecular weight excluding hydrogens is 408 g/mol. The number of hydrogen-bond acceptors (Lipinski definition) is 5. The molecule has 3 rings (SSSR count). The van der Waals surface area contributed by atoms with Crippen LogP contribution in [0.2, 0.25) is 0 Å². The highest BCUT2D eigenvalue weighted by molar-refractivity contribution is 7.98. The standard InChI is InChI=1S/C21H26N2O4S2/c1-3-29(25,26)23-14-20(27-19-7-5-4-6-18(19)23)21(24)22-12-13-28-15-17-10-8-16(2)9-11-17/h4-11,20H,3,12-15H2,1-2H3,(H,22,24)/t20-/m0/s1. The maximum absolute atomic E-state index is 12.6. The smallest absolute Gasteiger partial charge is 0.263 e. The van der Waals surface area contributed by atoms with Crippen molar-refractivity contribution < 1.29 is 17.9 Å². The van der Waals surface area contributed by atoms with Crippen molar-refractivity contribution in [2.24, 2.45) is 0 Å². The van der Waals surface area contributed by atoms with E-state index in [1.165, 1.54) is 15.4 Å². The zero-order valence-electron chi connectivity index (χ0n) is 16.6. The summed E-state index contributed by atoms with van der Waals surface area (Å²) in [5.74, 6) is 1.72. The highest BCUT2D eigenvalue weighted by Crippen LogP contribution is 2.35. The normalized spacial score (nSPS) is 16.1. The first-order valence-electron chi connectivity index (χ1n) is 9.58. The zero-order chi connectivity index (χ0) is 20.9. The summed E-state index contributed by atoms with van der Waals surface area (Å²) in [7, 11) is -3.49. The Morgan fingerprint density at radius 3 is 2.66 bits per heavy atom. The predicted molar refractivity (Wildman–Crippen MR) is 118 cm³/mol. The molecule has 156 valence electrons. The number of carbonyl (C=O) groups is 1. The molecule has 0 saturated carbocycles. The molecule has 2 aromatic rings. The van der Waals surface area contributed by atoms with Crippen molar-refractivity contribution in [1.82, 2.24) is 5.32 Å². The highest BCUT2D eigenvalue weighted by Gasteiger charge is 2.35. The van der Waals surface area contributed by atoms with E-state index >= 15 is 0 Å². The highest BCUT2D eigenvalue weighted by atomic mass is 32.2. The number of sulfonamides is 1. The van der Waals surface area contributed by atoms with E-state index < -0.39 is 16.1 Å². The van der Waals surface area contributed by atoms with Gasteiger partial charge < -0.3 is 10.1 Å². The van der Waals surface area contributed by atoms with Crippen molar-refractivity contribution in [3.05, 3.63) is 59.7 Å². The number of amides is 1. The number of thioether (sulfide) groups is 1. The quantitative estimate of drug-likeness (QED) is 0.647. The number of nitrogens with one attached hydrogen (secondary N) is 1. The van der Waals surface area contributed by atoms with Crippen LogP contribution in [0.15, 0.2) is 48.5 Å². The van der Waals surface area contributed by atoms with Crippen LogP contribution in [0, 0.1) is 6.92 Å². The molecule has 0 unspecified atom stereocenters. The maximum Gasteiger partial charge on any atom is 0.263 e. The number of aryl methyl sites for hydroxylation is 1. The molecule has 0 aromatic heterocycles. The van der Waals surface area contributed by atoms with Gasteiger partial charge in [-0.3, -0.25) is 9.10 Å². The number of rotatable bonds is 8. The van der Waals surface area contributed by atoms with Crippen molar-refractivity contribution in [3.8, 4) is 5.75 Å². The lowest BCUT2D eigenvalue weighted by molar-refractivity contribution is -0.127. The van der Waals surface area contributed by atoms with Gasteiger partial charge in [0.2, 0.25) is 10.0 Å². The van der Waals surface area contributed by atoms with E-state index in [9.17, 15) is 13.2 Å². The van der Waals surface area contributed by atoms with Crippen LogP contribution in [0.4, 0.5) is 5.69 Å². The van der Waals surface area contributed by atoms with Crippen LogP contribution in [0.3, 0.4) is 0 Å². The van der Waals surface area contributed by atoms with Crippen LogP contribution in [0.5, 0.6) is 5.75 Å². The molecule has 1 amide bonds. The number of carbonyl (C=O) groups excluding carboxylic acids is 1. The minimum absolute atomic E-state index is 0.0183. The Hall–Kier alpha value is -2.19. The SMILES string of the molecule is CCS(=O)(=O)N1C[C@@H](C(=O)NCCSCc2ccc(C)cc2)Oc2ccccc21. The number of ether oxygens (including phenoxy) is 1. The third-order valence-corrected chi connectivity index (χ3v) is 7.44. The molecule has 8 heteroatoms. The number of fused-ring (bicyclic) bond motifs is 1. The maximum atomic E-state index is 12.6. The van der Waals surface area contributed by atoms with Gasteiger partial charge in [0, 0.05) is 18.1 Å². The number of para-hydroxylation sites is 2. The van der Waals surface area contributed by atoms with Crippen molar-refractivity contribution in [2.75, 3.05) is 28.9 Å². The first-order chi connectivity index (χ1) is 13.9. The minimum Gasteiger partial charge on any atom is -0.476 e. The summed E-state index contributed by atoms with van der Waals surface area (Å²) in [6, 6.07) is 15.3. The Morgan fingerprint density at radius 2 is 1.93 bits per heavy atom. The fourth-order valence-corrected chi connectivity index (χ4v) is 4.94. The lowest BCUT2D eigenvalue weighted by Gasteiger charge is -2.34. The largest absolute Gasteiger partial charge is 0.476 e. The van der Waals surface area contributed by atoms with E-state index in [4.69, 9.17) is 4.74 Å². The van der Waals surface area contributed by atoms with E-state index in [1.54, 1.807) is 43.0 Å². The van der Waals surface area contributed by atoms with E-state index in [0.29, 0.717) is 18.0 Å². The second kappa shape index (κ2) is 9.54. The summed E-state index contributed by atoms with van der Waals surface area (Å²) in [6.45, 7) is 4.13. The molecule has 0 bridgehead atoms. The average Bonchev–Trinajstić information content (AvgIpc) is 2.73. The van der Waals surface area contributed by atoms with E-state index in [-0.39, 0.29) is 18.2 Å². The Morgan fingerprint density at radius 1 is 1.21 bits per heavy atom. The van der Waals surface area contributed by atoms with Crippen molar-refractivity contribution in [3.63, 3.8) is 0 Å². The molecule has 0 saturated heterocycles. The van der Waals surface area contributed by atoms with Crippen LogP contribution in [0.25, 0.3) is 0 Å². The molecule has 1 heterocycles. The van der Waals surface area contributed by atoms with Crippen LogP contribution in [-0.4, -0.2) is 45.0 Å². The minimum atomic E-state index is -3.49. The summed E-state index contributed by atoms with van der Waals surface area (Å²) in [5, 5.41) is 2.86. The second-order valence-corrected chi connectivity index (χ2v) is 10.1. The number of benzene rings is 2. The lowest BCUT2D eigenvalue weighted by atomic mass is 10.2. The Labute approximate surface area is 176 Å². The molecule has 1 aliphatic heterocycles. The van der Waals surface area contributed by atoms with Gasteiger partial charge in [0.25, 0.3) is 5.91 Å². The molecule has 29 heavy (non-hydrogen) atoms. The van der Waals surface area contributed by atoms with E-state index in [2.05, 4.69) is 36.5 Å². The van der Waals surface area contributed by atoms with Gasteiger partial charge in [-0.2, -0.15) is 11.8 Å². The van der Waals surface area contributed by atoms with Crippen molar-refractivity contribution in [2.45, 2.75) is 25.7 Å². The molecule has 1 aliphatic rings. The fourth-order valence-electron chi connectivity index (χ4n) is 2.99. The number of anilines is 1. The fraction of sp³-hybridized carbons (Fsp3) is 0.381. The van der Waals surface area contributed by atoms with Gasteiger partial charge in [-0.1, -0.05) is 42.0 Å². The molecule has 0 radical (unpaired) electrons. The molecule has 1 atom stereocenters. The van der Waals surface area contributed by atoms with Gasteiger partial charge in [0.1, 0.15) is 5.75 Å². The van der Waals surface area contributed by atoms with E-state index in [0.717, 1.165) is 11.5 Å². The van der Waals surface area contributed by atoms with Crippen molar-refractivity contribution in [1.29, 1.82) is 0 Å². The second-order valence-electron chi connectivity index (χ2n) is 6.84. The third kappa shape index (κ3) is 5.45. The van der Waals surface area contributed by atoms with Gasteiger partial charge in [-0.15, -0.1) is 0 Å². The molecule has 6 nitrogen and oxygen atoms in total. The monoisotopic (exact) mass is 434 g/mol. The summed E-state index contributed by atoms with van der Waals surface area (Å²) < 4.78 is 32.0. The molecule has 0 fully saturated rings. The van der Waals surface area contributed by atoms with Crippen molar-refractivity contribution >= 4 is 33.4 Å². The van der Waals surface area contributed by atoms with Gasteiger partial charge in [-0.25, -0.2) is 8.42 Å². The molecule has 1 N–H and O–H groups in total. The summed E-state index contributed by atoms with van der Waals surface area (Å²) >= 11 is 1.74. The summed E-state index contributed by atoms with van der Waals surface area (Å²) in [6.07, 6.45) is -0.867. The van der Waals surface area contributed by atoms with E-state index in [1.807, 2.05) is 0 Å². The Kier molecular flexibility index (Phi) is 7.08. The molecule has 0 aliphatic carbocycles. The van der Waals surface area contributed by atoms with Gasteiger partial charge in [0.15, 0.2) is 6.10 Å². The first kappa shape index (κ1) is 21.5. The van der Waals surface area contributed by atoms with Gasteiger partial charge >= 0.3 is 0 Å². The molecule has 0 spiro atoms. The zero-order valence-corrected chi connectivity index (χ0v) is 18.3. The van der Waals surface area contributed by atoms with Crippen LogP contribution >= 0.6 is 11.8 Å².